The number of hydrogen-bond acceptors (Lipinski definition) is 5. The van der Waals surface area contributed by atoms with E-state index >= 15 is 0 Å². The van der Waals surface area contributed by atoms with E-state index in [1.165, 1.54) is 4.68 Å². The Hall–Kier alpha value is -1.96. The number of aromatic nitrogens is 3. The molecule has 0 unspecified atom stereocenters. The van der Waals surface area contributed by atoms with Gasteiger partial charge in [0.15, 0.2) is 0 Å². The fourth-order valence-corrected chi connectivity index (χ4v) is 1.20. The average Bonchev–Trinajstić information content (AvgIpc) is 2.66. The molecule has 0 radical (unpaired) electrons. The zero-order valence-electron chi connectivity index (χ0n) is 9.86. The van der Waals surface area contributed by atoms with Crippen LogP contribution >= 0.6 is 0 Å². The van der Waals surface area contributed by atoms with Gasteiger partial charge < -0.3 is 10.6 Å². The SMILES string of the molecule is CCNC(=O)NC(=O)Cn1cc(CNC)nn1. The van der Waals surface area contributed by atoms with Crippen LogP contribution in [0.3, 0.4) is 0 Å². The molecular weight excluding hydrogens is 224 g/mol. The summed E-state index contributed by atoms with van der Waals surface area (Å²) in [6.07, 6.45) is 1.65. The summed E-state index contributed by atoms with van der Waals surface area (Å²) in [6.45, 7) is 2.78. The van der Waals surface area contributed by atoms with Crippen molar-refractivity contribution in [1.29, 1.82) is 0 Å². The lowest BCUT2D eigenvalue weighted by molar-refractivity contribution is -0.120. The summed E-state index contributed by atoms with van der Waals surface area (Å²) in [5.74, 6) is -0.433. The highest BCUT2D eigenvalue weighted by atomic mass is 16.2. The van der Waals surface area contributed by atoms with Crippen molar-refractivity contribution in [3.05, 3.63) is 11.9 Å². The highest BCUT2D eigenvalue weighted by Crippen LogP contribution is 1.91. The molecule has 0 spiro atoms. The molecule has 8 nitrogen and oxygen atoms in total. The van der Waals surface area contributed by atoms with Gasteiger partial charge in [0.2, 0.25) is 5.91 Å². The van der Waals surface area contributed by atoms with Gasteiger partial charge in [-0.1, -0.05) is 5.21 Å². The van der Waals surface area contributed by atoms with Crippen molar-refractivity contribution in [3.8, 4) is 0 Å². The van der Waals surface area contributed by atoms with Gasteiger partial charge in [0.1, 0.15) is 6.54 Å². The molecule has 0 aliphatic heterocycles. The summed E-state index contributed by atoms with van der Waals surface area (Å²) in [6, 6.07) is -0.506. The Morgan fingerprint density at radius 3 is 2.88 bits per heavy atom. The number of urea groups is 1. The van der Waals surface area contributed by atoms with Crippen LogP contribution in [0.25, 0.3) is 0 Å². The molecule has 3 N–H and O–H groups in total. The minimum absolute atomic E-state index is 0.0339. The molecule has 0 atom stereocenters. The molecule has 0 aliphatic carbocycles. The monoisotopic (exact) mass is 240 g/mol. The Bertz CT molecular complexity index is 389. The fraction of sp³-hybridized carbons (Fsp3) is 0.556. The molecule has 1 aromatic heterocycles. The van der Waals surface area contributed by atoms with E-state index in [1.807, 2.05) is 0 Å². The van der Waals surface area contributed by atoms with Crippen LogP contribution in [0.15, 0.2) is 6.20 Å². The zero-order chi connectivity index (χ0) is 12.7. The summed E-state index contributed by atoms with van der Waals surface area (Å²) >= 11 is 0. The molecule has 94 valence electrons. The van der Waals surface area contributed by atoms with Crippen molar-refractivity contribution >= 4 is 11.9 Å². The maximum atomic E-state index is 11.4. The van der Waals surface area contributed by atoms with Crippen molar-refractivity contribution in [2.24, 2.45) is 0 Å². The molecular formula is C9H16N6O2. The first-order valence-electron chi connectivity index (χ1n) is 5.27. The van der Waals surface area contributed by atoms with Crippen LogP contribution in [0.1, 0.15) is 12.6 Å². The van der Waals surface area contributed by atoms with Gasteiger partial charge in [0.05, 0.1) is 11.9 Å². The molecule has 1 heterocycles. The summed E-state index contributed by atoms with van der Waals surface area (Å²) in [5, 5.41) is 15.2. The topological polar surface area (TPSA) is 101 Å². The second kappa shape index (κ2) is 6.59. The normalized spacial score (nSPS) is 10.0. The van der Waals surface area contributed by atoms with Gasteiger partial charge in [-0.15, -0.1) is 5.10 Å². The highest BCUT2D eigenvalue weighted by Gasteiger charge is 2.08. The standard InChI is InChI=1S/C9H16N6O2/c1-3-11-9(17)12-8(16)6-15-5-7(4-10-2)13-14-15/h5,10H,3-4,6H2,1-2H3,(H2,11,12,16,17). The summed E-state index contributed by atoms with van der Waals surface area (Å²) < 4.78 is 1.38. The van der Waals surface area contributed by atoms with Gasteiger partial charge in [-0.2, -0.15) is 0 Å². The van der Waals surface area contributed by atoms with Crippen molar-refractivity contribution in [2.45, 2.75) is 20.0 Å². The number of rotatable bonds is 5. The molecule has 8 heteroatoms. The van der Waals surface area contributed by atoms with Crippen LogP contribution in [-0.2, 0) is 17.9 Å². The van der Waals surface area contributed by atoms with Crippen molar-refractivity contribution < 1.29 is 9.59 Å². The van der Waals surface area contributed by atoms with Gasteiger partial charge in [-0.3, -0.25) is 10.1 Å². The van der Waals surface area contributed by atoms with E-state index in [4.69, 9.17) is 0 Å². The Morgan fingerprint density at radius 1 is 1.47 bits per heavy atom. The van der Waals surface area contributed by atoms with Crippen LogP contribution < -0.4 is 16.0 Å². The van der Waals surface area contributed by atoms with Crippen LogP contribution in [0.5, 0.6) is 0 Å². The molecule has 1 aromatic rings. The van der Waals surface area contributed by atoms with Crippen LogP contribution in [0.2, 0.25) is 0 Å². The average molecular weight is 240 g/mol. The first kappa shape index (κ1) is 13.1. The molecule has 0 fully saturated rings. The molecule has 0 bridgehead atoms. The lowest BCUT2D eigenvalue weighted by atomic mass is 10.5. The summed E-state index contributed by atoms with van der Waals surface area (Å²) in [4.78, 5) is 22.4. The van der Waals surface area contributed by atoms with Crippen LogP contribution in [-0.4, -0.2) is 40.5 Å². The minimum Gasteiger partial charge on any atom is -0.338 e. The number of nitrogens with one attached hydrogen (secondary N) is 3. The fourth-order valence-electron chi connectivity index (χ4n) is 1.20. The van der Waals surface area contributed by atoms with Gasteiger partial charge in [-0.25, -0.2) is 9.48 Å². The van der Waals surface area contributed by atoms with Gasteiger partial charge in [0, 0.05) is 13.1 Å². The number of carbonyl (C=O) groups excluding carboxylic acids is 2. The lowest BCUT2D eigenvalue weighted by Crippen LogP contribution is -2.40. The van der Waals surface area contributed by atoms with Gasteiger partial charge in [-0.05, 0) is 14.0 Å². The third kappa shape index (κ3) is 4.60. The number of carbonyl (C=O) groups is 2. The van der Waals surface area contributed by atoms with E-state index in [1.54, 1.807) is 20.2 Å². The third-order valence-electron chi connectivity index (χ3n) is 1.84. The largest absolute Gasteiger partial charge is 0.338 e. The first-order valence-corrected chi connectivity index (χ1v) is 5.27. The van der Waals surface area contributed by atoms with Crippen molar-refractivity contribution in [3.63, 3.8) is 0 Å². The summed E-state index contributed by atoms with van der Waals surface area (Å²) in [5.41, 5.74) is 0.735. The molecule has 0 aliphatic rings. The lowest BCUT2D eigenvalue weighted by Gasteiger charge is -2.03. The molecule has 0 saturated carbocycles. The van der Waals surface area contributed by atoms with E-state index in [0.29, 0.717) is 13.1 Å². The second-order valence-electron chi connectivity index (χ2n) is 3.35. The molecule has 3 amide bonds. The smallest absolute Gasteiger partial charge is 0.321 e. The molecule has 1 rings (SSSR count). The maximum Gasteiger partial charge on any atom is 0.321 e. The number of hydrogen-bond donors (Lipinski definition) is 3. The number of nitrogens with zero attached hydrogens (tertiary/aromatic N) is 3. The van der Waals surface area contributed by atoms with E-state index in [0.717, 1.165) is 5.69 Å². The van der Waals surface area contributed by atoms with E-state index < -0.39 is 11.9 Å². The second-order valence-corrected chi connectivity index (χ2v) is 3.35. The summed E-state index contributed by atoms with van der Waals surface area (Å²) in [7, 11) is 1.79. The predicted octanol–water partition coefficient (Wildman–Crippen LogP) is -1.16. The Labute approximate surface area is 98.8 Å². The molecule has 0 saturated heterocycles. The Morgan fingerprint density at radius 2 is 2.24 bits per heavy atom. The van der Waals surface area contributed by atoms with E-state index in [-0.39, 0.29) is 6.54 Å². The van der Waals surface area contributed by atoms with Gasteiger partial charge in [0.25, 0.3) is 0 Å². The van der Waals surface area contributed by atoms with Crippen molar-refractivity contribution in [1.82, 2.24) is 30.9 Å². The maximum absolute atomic E-state index is 11.4. The molecule has 17 heavy (non-hydrogen) atoms. The van der Waals surface area contributed by atoms with E-state index in [2.05, 4.69) is 26.3 Å². The van der Waals surface area contributed by atoms with E-state index in [9.17, 15) is 9.59 Å². The first-order chi connectivity index (χ1) is 8.15. The van der Waals surface area contributed by atoms with Crippen molar-refractivity contribution in [2.75, 3.05) is 13.6 Å². The van der Waals surface area contributed by atoms with Gasteiger partial charge >= 0.3 is 6.03 Å². The quantitative estimate of drug-likeness (QED) is 0.603. The Balaban J connectivity index is 2.41. The predicted molar refractivity (Wildman–Crippen MR) is 60.0 cm³/mol. The third-order valence-corrected chi connectivity index (χ3v) is 1.84. The van der Waals surface area contributed by atoms with Crippen LogP contribution in [0.4, 0.5) is 4.79 Å². The minimum atomic E-state index is -0.506. The zero-order valence-corrected chi connectivity index (χ0v) is 9.86. The Kier molecular flexibility index (Phi) is 5.08. The molecule has 0 aromatic carbocycles. The number of amides is 3. The highest BCUT2D eigenvalue weighted by molar-refractivity contribution is 5.94. The number of imide groups is 1. The van der Waals surface area contributed by atoms with Crippen LogP contribution in [0, 0.1) is 0 Å².